The molecule has 0 saturated heterocycles. The molecule has 0 aliphatic rings. The summed E-state index contributed by atoms with van der Waals surface area (Å²) < 4.78 is 0. The molecule has 0 atom stereocenters. The van der Waals surface area contributed by atoms with E-state index in [-0.39, 0.29) is 5.78 Å². The summed E-state index contributed by atoms with van der Waals surface area (Å²) in [7, 11) is 0. The molecule has 1 aromatic heterocycles. The number of ketones is 1. The minimum atomic E-state index is 0.0733. The summed E-state index contributed by atoms with van der Waals surface area (Å²) in [4.78, 5) is 16.6. The molecule has 1 heterocycles. The number of carbonyl (C=O) groups excluding carboxylic acids is 1. The number of benzene rings is 1. The topological polar surface area (TPSA) is 30.0 Å². The monoisotopic (exact) mass is 267 g/mol. The quantitative estimate of drug-likeness (QED) is 0.548. The van der Waals surface area contributed by atoms with Gasteiger partial charge in [0.1, 0.15) is 0 Å². The Bertz CT molecular complexity index is 548. The van der Waals surface area contributed by atoms with Gasteiger partial charge in [-0.2, -0.15) is 0 Å². The fourth-order valence-electron chi connectivity index (χ4n) is 2.33. The van der Waals surface area contributed by atoms with E-state index in [4.69, 9.17) is 0 Å². The van der Waals surface area contributed by atoms with Crippen LogP contribution in [-0.2, 0) is 6.42 Å². The lowest BCUT2D eigenvalue weighted by Gasteiger charge is -2.08. The van der Waals surface area contributed by atoms with Crippen molar-refractivity contribution in [3.8, 4) is 0 Å². The molecule has 0 N–H and O–H groups in total. The molecular formula is C18H21NO. The van der Waals surface area contributed by atoms with Crippen molar-refractivity contribution < 1.29 is 4.79 Å². The normalized spacial score (nSPS) is 10.4. The maximum atomic E-state index is 12.5. The molecule has 0 unspecified atom stereocenters. The number of hydrogen-bond acceptors (Lipinski definition) is 2. The van der Waals surface area contributed by atoms with Gasteiger partial charge in [-0.15, -0.1) is 0 Å². The van der Waals surface area contributed by atoms with E-state index in [1.807, 2.05) is 36.4 Å². The van der Waals surface area contributed by atoms with Crippen LogP contribution >= 0.6 is 0 Å². The van der Waals surface area contributed by atoms with Crippen molar-refractivity contribution in [2.75, 3.05) is 0 Å². The Morgan fingerprint density at radius 3 is 2.60 bits per heavy atom. The van der Waals surface area contributed by atoms with Gasteiger partial charge < -0.3 is 0 Å². The number of carbonyl (C=O) groups is 1. The van der Waals surface area contributed by atoms with Gasteiger partial charge in [0.2, 0.25) is 0 Å². The minimum absolute atomic E-state index is 0.0733. The number of aryl methyl sites for hydroxylation is 1. The highest BCUT2D eigenvalue weighted by Crippen LogP contribution is 2.16. The Balaban J connectivity index is 2.13. The predicted octanol–water partition coefficient (Wildman–Crippen LogP) is 4.44. The molecular weight excluding hydrogens is 246 g/mol. The van der Waals surface area contributed by atoms with Crippen molar-refractivity contribution in [2.45, 2.75) is 39.0 Å². The fourth-order valence-corrected chi connectivity index (χ4v) is 2.33. The summed E-state index contributed by atoms with van der Waals surface area (Å²) in [6, 6.07) is 11.4. The first-order valence-electron chi connectivity index (χ1n) is 7.35. The van der Waals surface area contributed by atoms with E-state index in [9.17, 15) is 4.79 Å². The van der Waals surface area contributed by atoms with Crippen LogP contribution in [0.25, 0.3) is 0 Å². The lowest BCUT2D eigenvalue weighted by Crippen LogP contribution is -2.06. The van der Waals surface area contributed by atoms with Crippen LogP contribution in [-0.4, -0.2) is 10.8 Å². The lowest BCUT2D eigenvalue weighted by molar-refractivity contribution is 0.103. The van der Waals surface area contributed by atoms with Gasteiger partial charge >= 0.3 is 0 Å². The molecule has 1 aromatic carbocycles. The summed E-state index contributed by atoms with van der Waals surface area (Å²) in [5.41, 5.74) is 2.59. The highest BCUT2D eigenvalue weighted by molar-refractivity contribution is 6.09. The average molecular weight is 267 g/mol. The molecule has 2 rings (SSSR count). The second-order valence-electron chi connectivity index (χ2n) is 5.04. The number of rotatable bonds is 7. The van der Waals surface area contributed by atoms with Crippen LogP contribution in [0.4, 0.5) is 0 Å². The largest absolute Gasteiger partial charge is 0.289 e. The SMILES string of the molecule is CCCCCCc1ccncc1C(=O)c1ccccc1. The van der Waals surface area contributed by atoms with E-state index in [0.29, 0.717) is 0 Å². The molecule has 0 amide bonds. The Hall–Kier alpha value is -1.96. The van der Waals surface area contributed by atoms with Gasteiger partial charge in [0.05, 0.1) is 0 Å². The van der Waals surface area contributed by atoms with E-state index < -0.39 is 0 Å². The van der Waals surface area contributed by atoms with E-state index in [2.05, 4.69) is 11.9 Å². The second kappa shape index (κ2) is 7.59. The lowest BCUT2D eigenvalue weighted by atomic mass is 9.97. The van der Waals surface area contributed by atoms with Crippen molar-refractivity contribution in [1.82, 2.24) is 4.98 Å². The highest BCUT2D eigenvalue weighted by atomic mass is 16.1. The third-order valence-corrected chi connectivity index (χ3v) is 3.49. The molecule has 2 nitrogen and oxygen atoms in total. The standard InChI is InChI=1S/C18H21NO/c1-2-3-4-6-9-15-12-13-19-14-17(15)18(20)16-10-7-5-8-11-16/h5,7-8,10-14H,2-4,6,9H2,1H3. The summed E-state index contributed by atoms with van der Waals surface area (Å²) in [6.45, 7) is 2.21. The van der Waals surface area contributed by atoms with Crippen LogP contribution in [0.2, 0.25) is 0 Å². The van der Waals surface area contributed by atoms with Crippen molar-refractivity contribution in [1.29, 1.82) is 0 Å². The number of aromatic nitrogens is 1. The van der Waals surface area contributed by atoms with E-state index >= 15 is 0 Å². The maximum Gasteiger partial charge on any atom is 0.194 e. The highest BCUT2D eigenvalue weighted by Gasteiger charge is 2.13. The Kier molecular flexibility index (Phi) is 5.48. The molecule has 0 saturated carbocycles. The van der Waals surface area contributed by atoms with Crippen molar-refractivity contribution in [3.05, 3.63) is 65.5 Å². The fraction of sp³-hybridized carbons (Fsp3) is 0.333. The molecule has 2 heteroatoms. The zero-order chi connectivity index (χ0) is 14.2. The van der Waals surface area contributed by atoms with Gasteiger partial charge in [-0.3, -0.25) is 9.78 Å². The van der Waals surface area contributed by atoms with Crippen LogP contribution in [0.5, 0.6) is 0 Å². The van der Waals surface area contributed by atoms with Crippen molar-refractivity contribution in [3.63, 3.8) is 0 Å². The van der Waals surface area contributed by atoms with Crippen molar-refractivity contribution in [2.24, 2.45) is 0 Å². The van der Waals surface area contributed by atoms with Crippen LogP contribution < -0.4 is 0 Å². The number of nitrogens with zero attached hydrogens (tertiary/aromatic N) is 1. The van der Waals surface area contributed by atoms with Crippen LogP contribution in [0, 0.1) is 0 Å². The third kappa shape index (κ3) is 3.77. The number of hydrogen-bond donors (Lipinski definition) is 0. The van der Waals surface area contributed by atoms with E-state index in [1.54, 1.807) is 12.4 Å². The van der Waals surface area contributed by atoms with Crippen molar-refractivity contribution >= 4 is 5.78 Å². The molecule has 0 radical (unpaired) electrons. The first kappa shape index (κ1) is 14.4. The molecule has 0 fully saturated rings. The maximum absolute atomic E-state index is 12.5. The molecule has 0 aliphatic carbocycles. The third-order valence-electron chi connectivity index (χ3n) is 3.49. The number of pyridine rings is 1. The van der Waals surface area contributed by atoms with Gasteiger partial charge in [-0.25, -0.2) is 0 Å². The molecule has 0 aliphatic heterocycles. The first-order valence-corrected chi connectivity index (χ1v) is 7.35. The predicted molar refractivity (Wildman–Crippen MR) is 82.0 cm³/mol. The Labute approximate surface area is 120 Å². The van der Waals surface area contributed by atoms with Crippen LogP contribution in [0.15, 0.2) is 48.8 Å². The van der Waals surface area contributed by atoms with E-state index in [0.717, 1.165) is 29.5 Å². The van der Waals surface area contributed by atoms with Gasteiger partial charge in [-0.1, -0.05) is 56.5 Å². The summed E-state index contributed by atoms with van der Waals surface area (Å²) in [5.74, 6) is 0.0733. The smallest absolute Gasteiger partial charge is 0.194 e. The van der Waals surface area contributed by atoms with Gasteiger partial charge in [0, 0.05) is 23.5 Å². The van der Waals surface area contributed by atoms with Gasteiger partial charge in [-0.05, 0) is 24.5 Å². The minimum Gasteiger partial charge on any atom is -0.289 e. The molecule has 20 heavy (non-hydrogen) atoms. The summed E-state index contributed by atoms with van der Waals surface area (Å²) in [5, 5.41) is 0. The average Bonchev–Trinajstić information content (AvgIpc) is 2.52. The Morgan fingerprint density at radius 2 is 1.85 bits per heavy atom. The Morgan fingerprint density at radius 1 is 1.05 bits per heavy atom. The number of unbranched alkanes of at least 4 members (excludes halogenated alkanes) is 3. The molecule has 0 spiro atoms. The molecule has 104 valence electrons. The summed E-state index contributed by atoms with van der Waals surface area (Å²) in [6.07, 6.45) is 9.27. The van der Waals surface area contributed by atoms with Gasteiger partial charge in [0.15, 0.2) is 5.78 Å². The zero-order valence-corrected chi connectivity index (χ0v) is 12.0. The van der Waals surface area contributed by atoms with E-state index in [1.165, 1.54) is 19.3 Å². The molecule has 0 bridgehead atoms. The first-order chi connectivity index (χ1) is 9.83. The zero-order valence-electron chi connectivity index (χ0n) is 12.0. The van der Waals surface area contributed by atoms with Crippen LogP contribution in [0.1, 0.15) is 54.1 Å². The summed E-state index contributed by atoms with van der Waals surface area (Å²) >= 11 is 0. The second-order valence-corrected chi connectivity index (χ2v) is 5.04. The van der Waals surface area contributed by atoms with Crippen LogP contribution in [0.3, 0.4) is 0 Å². The van der Waals surface area contributed by atoms with Gasteiger partial charge in [0.25, 0.3) is 0 Å². The molecule has 2 aromatic rings.